The van der Waals surface area contributed by atoms with E-state index < -0.39 is 20.8 Å². The topological polar surface area (TPSA) is 116 Å². The van der Waals surface area contributed by atoms with Gasteiger partial charge in [0.2, 0.25) is 0 Å². The van der Waals surface area contributed by atoms with Gasteiger partial charge in [0, 0.05) is 37.3 Å². The van der Waals surface area contributed by atoms with E-state index in [9.17, 15) is 18.5 Å². The summed E-state index contributed by atoms with van der Waals surface area (Å²) in [6, 6.07) is 10.5. The normalized spacial score (nSPS) is 12.4. The second-order valence-electron chi connectivity index (χ2n) is 6.42. The molecule has 0 aliphatic heterocycles. The van der Waals surface area contributed by atoms with Crippen LogP contribution in [0.5, 0.6) is 5.75 Å². The molecule has 1 aromatic heterocycles. The first-order valence-electron chi connectivity index (χ1n) is 8.57. The molecule has 1 atom stereocenters. The predicted molar refractivity (Wildman–Crippen MR) is 108 cm³/mol. The van der Waals surface area contributed by atoms with Gasteiger partial charge in [-0.15, -0.1) is 0 Å². The van der Waals surface area contributed by atoms with E-state index in [0.29, 0.717) is 11.6 Å². The number of nitrogens with zero attached hydrogens (tertiary/aromatic N) is 3. The molecule has 2 aromatic carbocycles. The highest BCUT2D eigenvalue weighted by Crippen LogP contribution is 2.35. The predicted octanol–water partition coefficient (Wildman–Crippen LogP) is 2.94. The second-order valence-corrected chi connectivity index (χ2v) is 8.44. The maximum atomic E-state index is 11.8. The Hall–Kier alpha value is -3.40. The zero-order valence-corrected chi connectivity index (χ0v) is 16.9. The molecule has 0 saturated heterocycles. The first kappa shape index (κ1) is 20.3. The number of hydrogen-bond donors (Lipinski definition) is 1. The van der Waals surface area contributed by atoms with Crippen LogP contribution in [0.4, 0.5) is 11.4 Å². The summed E-state index contributed by atoms with van der Waals surface area (Å²) in [5.74, 6) is 1.19. The number of ether oxygens (including phenoxy) is 1. The molecule has 0 fully saturated rings. The molecule has 1 N–H and O–H groups in total. The Morgan fingerprint density at radius 1 is 1.24 bits per heavy atom. The first-order valence-corrected chi connectivity index (χ1v) is 10.5. The van der Waals surface area contributed by atoms with Gasteiger partial charge >= 0.3 is 0 Å². The van der Waals surface area contributed by atoms with E-state index in [-0.39, 0.29) is 16.3 Å². The van der Waals surface area contributed by atoms with Crippen molar-refractivity contribution in [1.29, 1.82) is 0 Å². The van der Waals surface area contributed by atoms with Crippen LogP contribution in [0.25, 0.3) is 0 Å². The lowest BCUT2D eigenvalue weighted by atomic mass is 10.0. The van der Waals surface area contributed by atoms with Crippen molar-refractivity contribution < 1.29 is 18.1 Å². The average Bonchev–Trinajstić information content (AvgIpc) is 3.10. The number of nitro groups is 1. The molecule has 0 saturated carbocycles. The molecule has 152 valence electrons. The zero-order valence-electron chi connectivity index (χ0n) is 16.1. The molecule has 0 aliphatic rings. The Kier molecular flexibility index (Phi) is 5.55. The molecule has 3 aromatic rings. The molecule has 0 radical (unpaired) electrons. The third kappa shape index (κ3) is 4.21. The summed E-state index contributed by atoms with van der Waals surface area (Å²) >= 11 is 0. The van der Waals surface area contributed by atoms with Crippen molar-refractivity contribution in [2.45, 2.75) is 10.9 Å². The Balaban J connectivity index is 2.15. The van der Waals surface area contributed by atoms with Crippen LogP contribution in [0.2, 0.25) is 0 Å². The van der Waals surface area contributed by atoms with Crippen molar-refractivity contribution >= 4 is 21.2 Å². The highest BCUT2D eigenvalue weighted by molar-refractivity contribution is 7.90. The van der Waals surface area contributed by atoms with Crippen LogP contribution in [0.3, 0.4) is 0 Å². The first-order chi connectivity index (χ1) is 13.7. The molecule has 0 spiro atoms. The number of para-hydroxylation sites is 1. The highest BCUT2D eigenvalue weighted by atomic mass is 32.2. The van der Waals surface area contributed by atoms with E-state index in [0.717, 1.165) is 17.9 Å². The number of aromatic nitrogens is 2. The van der Waals surface area contributed by atoms with Crippen LogP contribution in [-0.4, -0.2) is 36.3 Å². The minimum atomic E-state index is -3.59. The van der Waals surface area contributed by atoms with Crippen LogP contribution < -0.4 is 10.1 Å². The second kappa shape index (κ2) is 7.92. The smallest absolute Gasteiger partial charge is 0.293 e. The van der Waals surface area contributed by atoms with Crippen molar-refractivity contribution in [3.63, 3.8) is 0 Å². The number of rotatable bonds is 7. The molecular formula is C19H20N4O5S. The van der Waals surface area contributed by atoms with Crippen LogP contribution in [-0.2, 0) is 16.9 Å². The molecule has 3 rings (SSSR count). The van der Waals surface area contributed by atoms with Gasteiger partial charge in [-0.1, -0.05) is 18.2 Å². The van der Waals surface area contributed by atoms with E-state index in [2.05, 4.69) is 10.3 Å². The molecule has 10 heteroatoms. The van der Waals surface area contributed by atoms with Gasteiger partial charge in [-0.05, 0) is 18.2 Å². The van der Waals surface area contributed by atoms with Gasteiger partial charge < -0.3 is 14.6 Å². The van der Waals surface area contributed by atoms with Crippen molar-refractivity contribution in [1.82, 2.24) is 9.55 Å². The van der Waals surface area contributed by atoms with Gasteiger partial charge in [0.1, 0.15) is 23.3 Å². The van der Waals surface area contributed by atoms with Gasteiger partial charge in [0.25, 0.3) is 5.69 Å². The largest absolute Gasteiger partial charge is 0.496 e. The summed E-state index contributed by atoms with van der Waals surface area (Å²) in [6.07, 6.45) is 4.39. The number of anilines is 1. The maximum Gasteiger partial charge on any atom is 0.293 e. The summed E-state index contributed by atoms with van der Waals surface area (Å²) in [4.78, 5) is 15.3. The van der Waals surface area contributed by atoms with Crippen molar-refractivity contribution in [2.24, 2.45) is 7.05 Å². The number of aryl methyl sites for hydroxylation is 1. The number of benzene rings is 2. The summed E-state index contributed by atoms with van der Waals surface area (Å²) in [5.41, 5.74) is 0.550. The van der Waals surface area contributed by atoms with Crippen LogP contribution in [0.1, 0.15) is 17.4 Å². The minimum Gasteiger partial charge on any atom is -0.496 e. The minimum absolute atomic E-state index is 0.124. The molecule has 0 aliphatic carbocycles. The molecule has 0 bridgehead atoms. The Labute approximate surface area is 168 Å². The van der Waals surface area contributed by atoms with Gasteiger partial charge in [-0.25, -0.2) is 13.4 Å². The van der Waals surface area contributed by atoms with Gasteiger partial charge in [0.15, 0.2) is 9.84 Å². The maximum absolute atomic E-state index is 11.8. The SMILES string of the molecule is COc1ccccc1[C@@H](Nc1ccc(S(C)(=O)=O)cc1[N+](=O)[O-])c1nccn1C. The standard InChI is InChI=1S/C19H20N4O5S/c1-22-11-10-20-19(22)18(14-6-4-5-7-17(14)28-2)21-15-9-8-13(29(3,26)27)12-16(15)23(24)25/h4-12,18,21H,1-3H3/t18-/m1/s1. The quantitative estimate of drug-likeness (QED) is 0.465. The van der Waals surface area contributed by atoms with Gasteiger partial charge in [-0.2, -0.15) is 0 Å². The summed E-state index contributed by atoms with van der Waals surface area (Å²) in [5, 5.41) is 14.8. The van der Waals surface area contributed by atoms with Crippen LogP contribution in [0.15, 0.2) is 59.8 Å². The molecule has 9 nitrogen and oxygen atoms in total. The highest BCUT2D eigenvalue weighted by Gasteiger charge is 2.26. The number of sulfone groups is 1. The Morgan fingerprint density at radius 2 is 1.97 bits per heavy atom. The van der Waals surface area contributed by atoms with Gasteiger partial charge in [0.05, 0.1) is 16.9 Å². The fourth-order valence-electron chi connectivity index (χ4n) is 3.01. The third-order valence-electron chi connectivity index (χ3n) is 4.46. The molecular weight excluding hydrogens is 396 g/mol. The van der Waals surface area contributed by atoms with Crippen molar-refractivity contribution in [3.8, 4) is 5.75 Å². The van der Waals surface area contributed by atoms with E-state index in [1.807, 2.05) is 25.2 Å². The number of hydrogen-bond acceptors (Lipinski definition) is 7. The van der Waals surface area contributed by atoms with E-state index in [1.165, 1.54) is 19.2 Å². The molecule has 1 heterocycles. The van der Waals surface area contributed by atoms with E-state index in [4.69, 9.17) is 4.74 Å². The van der Waals surface area contributed by atoms with Crippen molar-refractivity contribution in [3.05, 3.63) is 76.4 Å². The summed E-state index contributed by atoms with van der Waals surface area (Å²) in [7, 11) is -0.233. The van der Waals surface area contributed by atoms with Crippen molar-refractivity contribution in [2.75, 3.05) is 18.7 Å². The van der Waals surface area contributed by atoms with Crippen LogP contribution >= 0.6 is 0 Å². The lowest BCUT2D eigenvalue weighted by molar-refractivity contribution is -0.384. The number of methoxy groups -OCH3 is 1. The van der Waals surface area contributed by atoms with Gasteiger partial charge in [-0.3, -0.25) is 10.1 Å². The number of imidazole rings is 1. The number of nitrogens with one attached hydrogen (secondary N) is 1. The Bertz CT molecular complexity index is 1160. The van der Waals surface area contributed by atoms with E-state index in [1.54, 1.807) is 23.0 Å². The molecule has 0 amide bonds. The summed E-state index contributed by atoms with van der Waals surface area (Å²) < 4.78 is 30.9. The van der Waals surface area contributed by atoms with Crippen LogP contribution in [0, 0.1) is 10.1 Å². The number of nitro benzene ring substituents is 1. The lowest BCUT2D eigenvalue weighted by Crippen LogP contribution is -2.18. The lowest BCUT2D eigenvalue weighted by Gasteiger charge is -2.22. The zero-order chi connectivity index (χ0) is 21.2. The fraction of sp³-hybridized carbons (Fsp3) is 0.211. The fourth-order valence-corrected chi connectivity index (χ4v) is 3.65. The summed E-state index contributed by atoms with van der Waals surface area (Å²) in [6.45, 7) is 0. The average molecular weight is 416 g/mol. The molecule has 29 heavy (non-hydrogen) atoms. The third-order valence-corrected chi connectivity index (χ3v) is 5.57. The Morgan fingerprint density at radius 3 is 2.55 bits per heavy atom. The monoisotopic (exact) mass is 416 g/mol. The molecule has 0 unspecified atom stereocenters. The van der Waals surface area contributed by atoms with E-state index >= 15 is 0 Å².